The van der Waals surface area contributed by atoms with E-state index in [1.54, 1.807) is 0 Å². The highest BCUT2D eigenvalue weighted by atomic mass is 19.1. The van der Waals surface area contributed by atoms with Crippen LogP contribution in [-0.2, 0) is 0 Å². The number of benzene rings is 2. The largest absolute Gasteiger partial charge is 0.367 e. The minimum absolute atomic E-state index is 0.0252. The number of anilines is 2. The number of carbonyl (C=O) groups excluding carboxylic acids is 1. The van der Waals surface area contributed by atoms with E-state index < -0.39 is 48.5 Å². The van der Waals surface area contributed by atoms with Crippen molar-refractivity contribution in [3.05, 3.63) is 76.3 Å². The van der Waals surface area contributed by atoms with Crippen LogP contribution in [0.15, 0.2) is 53.5 Å². The highest BCUT2D eigenvalue weighted by Gasteiger charge is 2.54. The summed E-state index contributed by atoms with van der Waals surface area (Å²) in [6.45, 7) is -5.76. The maximum Gasteiger partial charge on any atom is 0.276 e. The maximum absolute atomic E-state index is 14.5. The Balaban J connectivity index is 1.46. The number of nitrogens with one attached hydrogen (secondary N) is 1. The van der Waals surface area contributed by atoms with E-state index in [9.17, 15) is 18.4 Å². The van der Waals surface area contributed by atoms with Gasteiger partial charge in [0.05, 0.1) is 24.5 Å². The molecule has 3 N–H and O–H groups in total. The molecule has 9 nitrogen and oxygen atoms in total. The van der Waals surface area contributed by atoms with Crippen molar-refractivity contribution in [2.45, 2.75) is 38.6 Å². The van der Waals surface area contributed by atoms with Crippen molar-refractivity contribution in [1.29, 1.82) is 0 Å². The second kappa shape index (κ2) is 8.73. The topological polar surface area (TPSA) is 111 Å². The van der Waals surface area contributed by atoms with Crippen molar-refractivity contribution >= 4 is 28.2 Å². The average Bonchev–Trinajstić information content (AvgIpc) is 3.49. The van der Waals surface area contributed by atoms with Crippen LogP contribution in [-0.4, -0.2) is 44.6 Å². The molecule has 1 amide bonds. The van der Waals surface area contributed by atoms with Gasteiger partial charge < -0.3 is 16.0 Å². The average molecular weight is 527 g/mol. The van der Waals surface area contributed by atoms with Crippen molar-refractivity contribution in [1.82, 2.24) is 19.6 Å². The first-order valence-corrected chi connectivity index (χ1v) is 11.9. The number of amides is 1. The van der Waals surface area contributed by atoms with Gasteiger partial charge in [0, 0.05) is 50.2 Å². The van der Waals surface area contributed by atoms with Crippen molar-refractivity contribution in [2.75, 3.05) is 23.3 Å². The smallest absolute Gasteiger partial charge is 0.276 e. The minimum Gasteiger partial charge on any atom is -0.367 e. The number of fused-ring (bicyclic) bond motifs is 1. The van der Waals surface area contributed by atoms with Crippen molar-refractivity contribution in [2.24, 2.45) is 11.1 Å². The SMILES string of the molecule is [2H]C([2H])([2H])C([2H])(n1ncc2c(N3C[C@H](N)C4(CC4)C3)c(NC(=O)c3ccc(=O)n(-c4c(F)cccc4F)n3)ccc21)C([2H])([2H])[2H]. The zero-order valence-electron chi connectivity index (χ0n) is 26.9. The summed E-state index contributed by atoms with van der Waals surface area (Å²) in [5.41, 5.74) is 4.88. The van der Waals surface area contributed by atoms with Crippen molar-refractivity contribution in [3.8, 4) is 5.69 Å². The third kappa shape index (κ3) is 3.85. The van der Waals surface area contributed by atoms with Gasteiger partial charge in [-0.2, -0.15) is 14.9 Å². The Labute approximate surface area is 226 Å². The first-order chi connectivity index (χ1) is 21.0. The fraction of sp³-hybridized carbons (Fsp3) is 0.333. The lowest BCUT2D eigenvalue weighted by molar-refractivity contribution is 0.102. The second-order valence-electron chi connectivity index (χ2n) is 9.64. The molecule has 2 fully saturated rings. The number of para-hydroxylation sites is 1. The van der Waals surface area contributed by atoms with E-state index in [4.69, 9.17) is 15.3 Å². The highest BCUT2D eigenvalue weighted by Crippen LogP contribution is 2.54. The van der Waals surface area contributed by atoms with Gasteiger partial charge in [-0.1, -0.05) is 6.07 Å². The van der Waals surface area contributed by atoms with Gasteiger partial charge in [0.2, 0.25) is 0 Å². The molecule has 1 atom stereocenters. The molecule has 1 saturated heterocycles. The summed E-state index contributed by atoms with van der Waals surface area (Å²) < 4.78 is 86.1. The molecule has 1 aliphatic heterocycles. The summed E-state index contributed by atoms with van der Waals surface area (Å²) >= 11 is 0. The van der Waals surface area contributed by atoms with E-state index in [0.717, 1.165) is 43.2 Å². The molecule has 1 saturated carbocycles. The van der Waals surface area contributed by atoms with E-state index in [0.29, 0.717) is 28.1 Å². The third-order valence-electron chi connectivity index (χ3n) is 7.28. The molecule has 2 aromatic heterocycles. The molecule has 0 unspecified atom stereocenters. The lowest BCUT2D eigenvalue weighted by atomic mass is 10.0. The fourth-order valence-corrected chi connectivity index (χ4v) is 5.13. The predicted octanol–water partition coefficient (Wildman–Crippen LogP) is 3.62. The number of halogens is 2. The Bertz CT molecular complexity index is 1870. The zero-order valence-corrected chi connectivity index (χ0v) is 19.9. The lowest BCUT2D eigenvalue weighted by Gasteiger charge is -2.23. The summed E-state index contributed by atoms with van der Waals surface area (Å²) in [7, 11) is 0. The maximum atomic E-state index is 14.5. The van der Waals surface area contributed by atoms with E-state index in [1.165, 1.54) is 18.3 Å². The monoisotopic (exact) mass is 526 g/mol. The molecular formula is C27H27F2N7O2. The van der Waals surface area contributed by atoms with Gasteiger partial charge in [0.1, 0.15) is 11.4 Å². The molecule has 2 aliphatic rings. The lowest BCUT2D eigenvalue weighted by Crippen LogP contribution is -2.30. The van der Waals surface area contributed by atoms with Crippen LogP contribution in [0.2, 0.25) is 0 Å². The number of nitrogens with zero attached hydrogens (tertiary/aromatic N) is 5. The molecule has 3 heterocycles. The van der Waals surface area contributed by atoms with Gasteiger partial charge in [-0.05, 0) is 56.9 Å². The van der Waals surface area contributed by atoms with Crippen LogP contribution in [0.5, 0.6) is 0 Å². The molecule has 6 rings (SSSR count). The van der Waals surface area contributed by atoms with E-state index in [2.05, 4.69) is 15.5 Å². The molecule has 0 bridgehead atoms. The van der Waals surface area contributed by atoms with Crippen LogP contribution >= 0.6 is 0 Å². The van der Waals surface area contributed by atoms with Gasteiger partial charge >= 0.3 is 0 Å². The van der Waals surface area contributed by atoms with Crippen LogP contribution < -0.4 is 21.5 Å². The van der Waals surface area contributed by atoms with Gasteiger partial charge in [-0.3, -0.25) is 14.3 Å². The molecule has 38 heavy (non-hydrogen) atoms. The second-order valence-corrected chi connectivity index (χ2v) is 9.64. The van der Waals surface area contributed by atoms with Gasteiger partial charge in [0.15, 0.2) is 11.6 Å². The van der Waals surface area contributed by atoms with Crippen LogP contribution in [0.1, 0.15) is 52.6 Å². The number of carbonyl (C=O) groups is 1. The summed E-state index contributed by atoms with van der Waals surface area (Å²) in [4.78, 5) is 27.8. The molecule has 0 radical (unpaired) electrons. The Morgan fingerprint density at radius 1 is 1.18 bits per heavy atom. The standard InChI is InChI=1S/C27H27F2N7O2/c1-15(2)35-21-8-6-19(24(16(21)12-31-35)34-13-22(30)27(14-34)10-11-27)32-26(38)20-7-9-23(37)36(33-20)25-17(28)4-3-5-18(25)29/h3-9,12,15,22H,10-11,13-14,30H2,1-2H3,(H,32,38)/t22-/m0/s1/i1D3,2D3,15D. The zero-order chi connectivity index (χ0) is 32.7. The number of hydrogen-bond donors (Lipinski definition) is 2. The van der Waals surface area contributed by atoms with Crippen LogP contribution in [0.3, 0.4) is 0 Å². The van der Waals surface area contributed by atoms with E-state index in [1.807, 2.05) is 4.90 Å². The quantitative estimate of drug-likeness (QED) is 0.411. The molecule has 2 aromatic carbocycles. The fourth-order valence-electron chi connectivity index (χ4n) is 5.13. The Morgan fingerprint density at radius 3 is 2.63 bits per heavy atom. The number of rotatable bonds is 5. The van der Waals surface area contributed by atoms with Crippen molar-refractivity contribution < 1.29 is 23.2 Å². The molecule has 1 spiro atoms. The van der Waals surface area contributed by atoms with E-state index in [-0.39, 0.29) is 33.7 Å². The Morgan fingerprint density at radius 2 is 1.95 bits per heavy atom. The molecule has 11 heteroatoms. The van der Waals surface area contributed by atoms with Gasteiger partial charge in [-0.25, -0.2) is 8.78 Å². The molecule has 4 aromatic rings. The Hall–Kier alpha value is -4.12. The first-order valence-electron chi connectivity index (χ1n) is 15.4. The third-order valence-corrected chi connectivity index (χ3v) is 7.28. The summed E-state index contributed by atoms with van der Waals surface area (Å²) in [6, 6.07) is 4.43. The normalized spacial score (nSPS) is 21.7. The van der Waals surface area contributed by atoms with Crippen LogP contribution in [0, 0.1) is 17.0 Å². The Kier molecular flexibility index (Phi) is 4.00. The van der Waals surface area contributed by atoms with Crippen molar-refractivity contribution in [3.63, 3.8) is 0 Å². The summed E-state index contributed by atoms with van der Waals surface area (Å²) in [6.07, 6.45) is 3.01. The van der Waals surface area contributed by atoms with Gasteiger partial charge in [-0.15, -0.1) is 0 Å². The molecule has 196 valence electrons. The number of aromatic nitrogens is 4. The minimum atomic E-state index is -3.30. The summed E-state index contributed by atoms with van der Waals surface area (Å²) in [5, 5.41) is 10.9. The number of hydrogen-bond acceptors (Lipinski definition) is 6. The van der Waals surface area contributed by atoms with Crippen LogP contribution in [0.4, 0.5) is 20.2 Å². The number of nitrogens with two attached hydrogens (primary N) is 1. The molecule has 1 aliphatic carbocycles. The predicted molar refractivity (Wildman–Crippen MR) is 140 cm³/mol. The van der Waals surface area contributed by atoms with Gasteiger partial charge in [0.25, 0.3) is 11.5 Å². The van der Waals surface area contributed by atoms with Crippen LogP contribution in [0.25, 0.3) is 16.6 Å². The first kappa shape index (κ1) is 17.4. The molecular weight excluding hydrogens is 492 g/mol. The van der Waals surface area contributed by atoms with E-state index >= 15 is 0 Å². The summed E-state index contributed by atoms with van der Waals surface area (Å²) in [5.74, 6) is -2.98. The highest BCUT2D eigenvalue weighted by molar-refractivity contribution is 6.09.